The van der Waals surface area contributed by atoms with Crippen molar-refractivity contribution in [3.63, 3.8) is 0 Å². The molecule has 0 aliphatic carbocycles. The predicted octanol–water partition coefficient (Wildman–Crippen LogP) is 3.11. The van der Waals surface area contributed by atoms with Crippen LogP contribution in [-0.2, 0) is 4.79 Å². The van der Waals surface area contributed by atoms with Gasteiger partial charge in [0.25, 0.3) is 11.8 Å². The minimum absolute atomic E-state index is 0.00641. The summed E-state index contributed by atoms with van der Waals surface area (Å²) >= 11 is 5.90. The molecule has 1 aliphatic heterocycles. The summed E-state index contributed by atoms with van der Waals surface area (Å²) in [6, 6.07) is 8.60. The summed E-state index contributed by atoms with van der Waals surface area (Å²) in [4.78, 5) is 37.5. The van der Waals surface area contributed by atoms with Crippen molar-refractivity contribution in [2.24, 2.45) is 0 Å². The Morgan fingerprint density at radius 1 is 1.23 bits per heavy atom. The van der Waals surface area contributed by atoms with E-state index >= 15 is 0 Å². The van der Waals surface area contributed by atoms with Gasteiger partial charge in [0, 0.05) is 18.0 Å². The van der Waals surface area contributed by atoms with Gasteiger partial charge in [-0.15, -0.1) is 0 Å². The summed E-state index contributed by atoms with van der Waals surface area (Å²) < 4.78 is 18.9. The maximum Gasteiger partial charge on any atom is 0.264 e. The smallest absolute Gasteiger partial charge is 0.264 e. The van der Waals surface area contributed by atoms with Gasteiger partial charge in [-0.25, -0.2) is 4.39 Å². The maximum absolute atomic E-state index is 13.8. The zero-order chi connectivity index (χ0) is 18.8. The van der Waals surface area contributed by atoms with Crippen molar-refractivity contribution in [2.45, 2.75) is 6.42 Å². The molecule has 134 valence electrons. The van der Waals surface area contributed by atoms with Crippen LogP contribution in [0.4, 0.5) is 10.1 Å². The summed E-state index contributed by atoms with van der Waals surface area (Å²) in [6.07, 6.45) is -0.150. The molecule has 0 fully saturated rings. The molecule has 0 atom stereocenters. The number of imide groups is 1. The van der Waals surface area contributed by atoms with Gasteiger partial charge in [-0.05, 0) is 30.3 Å². The van der Waals surface area contributed by atoms with Crippen molar-refractivity contribution in [3.05, 3.63) is 58.4 Å². The molecular weight excluding hydrogens is 363 g/mol. The number of anilines is 1. The average Bonchev–Trinajstić information content (AvgIpc) is 2.85. The number of methoxy groups -OCH3 is 1. The highest BCUT2D eigenvalue weighted by Gasteiger charge is 2.37. The van der Waals surface area contributed by atoms with Crippen LogP contribution in [0, 0.1) is 5.82 Å². The van der Waals surface area contributed by atoms with Crippen LogP contribution in [0.2, 0.25) is 5.02 Å². The van der Waals surface area contributed by atoms with Crippen molar-refractivity contribution in [2.75, 3.05) is 19.0 Å². The molecule has 0 saturated heterocycles. The molecule has 3 amide bonds. The molecule has 8 heteroatoms. The highest BCUT2D eigenvalue weighted by molar-refractivity contribution is 6.31. The fraction of sp³-hybridized carbons (Fsp3) is 0.167. The molecule has 1 N–H and O–H groups in total. The lowest BCUT2D eigenvalue weighted by molar-refractivity contribution is -0.116. The van der Waals surface area contributed by atoms with E-state index in [1.807, 2.05) is 0 Å². The lowest BCUT2D eigenvalue weighted by Gasteiger charge is -2.14. The Bertz CT molecular complexity index is 916. The molecule has 1 heterocycles. The molecule has 6 nitrogen and oxygen atoms in total. The molecule has 3 rings (SSSR count). The average molecular weight is 377 g/mol. The van der Waals surface area contributed by atoms with Crippen molar-refractivity contribution in [1.29, 1.82) is 0 Å². The third-order valence-corrected chi connectivity index (χ3v) is 4.18. The SMILES string of the molecule is COc1ccc(Cl)cc1NC(=O)CCN1C(=O)c2cccc(F)c2C1=O. The molecule has 0 aromatic heterocycles. The maximum atomic E-state index is 13.8. The largest absolute Gasteiger partial charge is 0.495 e. The number of ether oxygens (including phenoxy) is 1. The minimum Gasteiger partial charge on any atom is -0.495 e. The van der Waals surface area contributed by atoms with Crippen LogP contribution in [0.25, 0.3) is 0 Å². The third-order valence-electron chi connectivity index (χ3n) is 3.95. The van der Waals surface area contributed by atoms with Crippen LogP contribution in [0.5, 0.6) is 5.75 Å². The molecule has 2 aromatic rings. The minimum atomic E-state index is -0.753. The first kappa shape index (κ1) is 17.9. The van der Waals surface area contributed by atoms with Crippen molar-refractivity contribution >= 4 is 35.0 Å². The lowest BCUT2D eigenvalue weighted by atomic mass is 10.1. The fourth-order valence-corrected chi connectivity index (χ4v) is 2.87. The van der Waals surface area contributed by atoms with Crippen LogP contribution in [0.3, 0.4) is 0 Å². The van der Waals surface area contributed by atoms with E-state index < -0.39 is 23.5 Å². The number of nitrogens with one attached hydrogen (secondary N) is 1. The van der Waals surface area contributed by atoms with Gasteiger partial charge in [-0.1, -0.05) is 17.7 Å². The van der Waals surface area contributed by atoms with E-state index in [4.69, 9.17) is 16.3 Å². The topological polar surface area (TPSA) is 75.7 Å². The normalized spacial score (nSPS) is 13.0. The number of fused-ring (bicyclic) bond motifs is 1. The first-order valence-corrected chi connectivity index (χ1v) is 8.08. The van der Waals surface area contributed by atoms with E-state index in [1.165, 1.54) is 25.3 Å². The molecular formula is C18H14ClFN2O4. The Hall–Kier alpha value is -2.93. The van der Waals surface area contributed by atoms with Gasteiger partial charge in [0.15, 0.2) is 0 Å². The summed E-state index contributed by atoms with van der Waals surface area (Å²) in [6.45, 7) is -0.166. The fourth-order valence-electron chi connectivity index (χ4n) is 2.70. The van der Waals surface area contributed by atoms with Crippen molar-refractivity contribution in [3.8, 4) is 5.75 Å². The van der Waals surface area contributed by atoms with E-state index in [0.717, 1.165) is 11.0 Å². The van der Waals surface area contributed by atoms with Gasteiger partial charge >= 0.3 is 0 Å². The van der Waals surface area contributed by atoms with E-state index in [9.17, 15) is 18.8 Å². The molecule has 0 bridgehead atoms. The second-order valence-electron chi connectivity index (χ2n) is 5.57. The van der Waals surface area contributed by atoms with E-state index in [-0.39, 0.29) is 24.1 Å². The first-order valence-electron chi connectivity index (χ1n) is 7.70. The Morgan fingerprint density at radius 3 is 2.69 bits per heavy atom. The van der Waals surface area contributed by atoms with Gasteiger partial charge in [0.1, 0.15) is 11.6 Å². The molecule has 0 spiro atoms. The first-order chi connectivity index (χ1) is 12.4. The number of carbonyl (C=O) groups excluding carboxylic acids is 3. The number of hydrogen-bond acceptors (Lipinski definition) is 4. The Balaban J connectivity index is 1.68. The second kappa shape index (κ2) is 7.13. The second-order valence-corrected chi connectivity index (χ2v) is 6.00. The van der Waals surface area contributed by atoms with Gasteiger partial charge in [-0.2, -0.15) is 0 Å². The Labute approximate surface area is 153 Å². The summed E-state index contributed by atoms with van der Waals surface area (Å²) in [5, 5.41) is 3.03. The number of rotatable bonds is 5. The number of hydrogen-bond donors (Lipinski definition) is 1. The van der Waals surface area contributed by atoms with E-state index in [1.54, 1.807) is 12.1 Å². The quantitative estimate of drug-likeness (QED) is 0.813. The monoisotopic (exact) mass is 376 g/mol. The Morgan fingerprint density at radius 2 is 2.00 bits per heavy atom. The summed E-state index contributed by atoms with van der Waals surface area (Å²) in [5.41, 5.74) is 0.125. The molecule has 0 radical (unpaired) electrons. The lowest BCUT2D eigenvalue weighted by Crippen LogP contribution is -2.33. The van der Waals surface area contributed by atoms with Gasteiger partial charge in [0.2, 0.25) is 5.91 Å². The molecule has 26 heavy (non-hydrogen) atoms. The Kier molecular flexibility index (Phi) is 4.90. The highest BCUT2D eigenvalue weighted by atomic mass is 35.5. The summed E-state index contributed by atoms with van der Waals surface area (Å²) in [7, 11) is 1.45. The van der Waals surface area contributed by atoms with E-state index in [0.29, 0.717) is 16.5 Å². The highest BCUT2D eigenvalue weighted by Crippen LogP contribution is 2.28. The number of benzene rings is 2. The van der Waals surface area contributed by atoms with Crippen LogP contribution in [0.1, 0.15) is 27.1 Å². The number of nitrogens with zero attached hydrogens (tertiary/aromatic N) is 1. The van der Waals surface area contributed by atoms with E-state index in [2.05, 4.69) is 5.32 Å². The zero-order valence-corrected chi connectivity index (χ0v) is 14.5. The van der Waals surface area contributed by atoms with Crippen LogP contribution in [-0.4, -0.2) is 36.3 Å². The zero-order valence-electron chi connectivity index (χ0n) is 13.7. The predicted molar refractivity (Wildman–Crippen MR) is 93.0 cm³/mol. The standard InChI is InChI=1S/C18H14ClFN2O4/c1-26-14-6-5-10(19)9-13(14)21-15(23)7-8-22-17(24)11-3-2-4-12(20)16(11)18(22)25/h2-6,9H,7-8H2,1H3,(H,21,23). The number of amides is 3. The number of carbonyl (C=O) groups is 3. The van der Waals surface area contributed by atoms with Crippen LogP contribution in [0.15, 0.2) is 36.4 Å². The van der Waals surface area contributed by atoms with Crippen molar-refractivity contribution in [1.82, 2.24) is 4.90 Å². The third kappa shape index (κ3) is 3.25. The van der Waals surface area contributed by atoms with Gasteiger partial charge in [-0.3, -0.25) is 19.3 Å². The molecule has 2 aromatic carbocycles. The summed E-state index contributed by atoms with van der Waals surface area (Å²) in [5.74, 6) is -2.13. The molecule has 1 aliphatic rings. The van der Waals surface area contributed by atoms with Gasteiger partial charge < -0.3 is 10.1 Å². The molecule has 0 saturated carbocycles. The molecule has 0 unspecified atom stereocenters. The van der Waals surface area contributed by atoms with Crippen LogP contribution < -0.4 is 10.1 Å². The van der Waals surface area contributed by atoms with Gasteiger partial charge in [0.05, 0.1) is 23.9 Å². The van der Waals surface area contributed by atoms with Crippen LogP contribution >= 0.6 is 11.6 Å². The number of halogens is 2. The van der Waals surface area contributed by atoms with Crippen molar-refractivity contribution < 1.29 is 23.5 Å².